The molecule has 0 saturated carbocycles. The molecule has 0 aromatic heterocycles. The van der Waals surface area contributed by atoms with E-state index in [9.17, 15) is 5.11 Å². The highest BCUT2D eigenvalue weighted by Crippen LogP contribution is 2.32. The van der Waals surface area contributed by atoms with Gasteiger partial charge in [0, 0.05) is 10.5 Å². The van der Waals surface area contributed by atoms with Crippen molar-refractivity contribution in [3.05, 3.63) is 26.6 Å². The average Bonchev–Trinajstić information content (AvgIpc) is 1.98. The predicted octanol–water partition coefficient (Wildman–Crippen LogP) is 2.81. The molecule has 0 spiro atoms. The summed E-state index contributed by atoms with van der Waals surface area (Å²) in [7, 11) is 0. The minimum Gasteiger partial charge on any atom is -0.506 e. The summed E-state index contributed by atoms with van der Waals surface area (Å²) in [6.07, 6.45) is 0.671. The van der Waals surface area contributed by atoms with Crippen molar-refractivity contribution in [2.75, 3.05) is 0 Å². The van der Waals surface area contributed by atoms with Crippen molar-refractivity contribution in [2.24, 2.45) is 5.73 Å². The van der Waals surface area contributed by atoms with Gasteiger partial charge >= 0.3 is 0 Å². The second-order valence-corrected chi connectivity index (χ2v) is 4.85. The number of hydrogen-bond acceptors (Lipinski definition) is 2. The van der Waals surface area contributed by atoms with Gasteiger partial charge in [0.05, 0.1) is 4.47 Å². The van der Waals surface area contributed by atoms with Crippen LogP contribution in [0.4, 0.5) is 0 Å². The number of halogens is 2. The summed E-state index contributed by atoms with van der Waals surface area (Å²) in [5.41, 5.74) is 6.51. The van der Waals surface area contributed by atoms with Gasteiger partial charge in [0.1, 0.15) is 5.75 Å². The molecule has 1 aromatic carbocycles. The van der Waals surface area contributed by atoms with Gasteiger partial charge in [-0.25, -0.2) is 0 Å². The molecule has 72 valence electrons. The summed E-state index contributed by atoms with van der Waals surface area (Å²) in [5.74, 6) is 0.278. The van der Waals surface area contributed by atoms with Crippen LogP contribution in [-0.2, 0) is 6.42 Å². The van der Waals surface area contributed by atoms with Crippen molar-refractivity contribution in [1.82, 2.24) is 0 Å². The van der Waals surface area contributed by atoms with Crippen LogP contribution in [-0.4, -0.2) is 11.1 Å². The van der Waals surface area contributed by atoms with Crippen LogP contribution in [0, 0.1) is 0 Å². The fourth-order valence-corrected chi connectivity index (χ4v) is 2.44. The lowest BCUT2D eigenvalue weighted by atomic mass is 10.1. The number of phenols is 1. The highest BCUT2D eigenvalue weighted by atomic mass is 79.9. The van der Waals surface area contributed by atoms with Gasteiger partial charge in [-0.3, -0.25) is 0 Å². The standard InChI is InChI=1S/C9H11Br2NO/c1-5(12)2-6-3-7(10)4-8(11)9(6)13/h3-5,13H,2,12H2,1H3. The van der Waals surface area contributed by atoms with E-state index in [4.69, 9.17) is 5.73 Å². The Hall–Kier alpha value is -0.0600. The highest BCUT2D eigenvalue weighted by molar-refractivity contribution is 9.11. The van der Waals surface area contributed by atoms with E-state index < -0.39 is 0 Å². The van der Waals surface area contributed by atoms with Crippen molar-refractivity contribution >= 4 is 31.9 Å². The molecule has 0 heterocycles. The van der Waals surface area contributed by atoms with Crippen molar-refractivity contribution in [1.29, 1.82) is 0 Å². The molecule has 0 saturated heterocycles. The number of benzene rings is 1. The third-order valence-corrected chi connectivity index (χ3v) is 2.71. The van der Waals surface area contributed by atoms with Crippen LogP contribution in [0.1, 0.15) is 12.5 Å². The maximum Gasteiger partial charge on any atom is 0.133 e. The van der Waals surface area contributed by atoms with E-state index in [1.807, 2.05) is 13.0 Å². The first kappa shape index (κ1) is 11.0. The first-order valence-electron chi connectivity index (χ1n) is 3.93. The minimum absolute atomic E-state index is 0.0482. The van der Waals surface area contributed by atoms with E-state index in [1.165, 1.54) is 0 Å². The van der Waals surface area contributed by atoms with Gasteiger partial charge in [-0.1, -0.05) is 15.9 Å². The van der Waals surface area contributed by atoms with E-state index in [1.54, 1.807) is 6.07 Å². The van der Waals surface area contributed by atoms with Gasteiger partial charge in [0.25, 0.3) is 0 Å². The highest BCUT2D eigenvalue weighted by Gasteiger charge is 2.08. The third-order valence-electron chi connectivity index (χ3n) is 1.65. The molecule has 2 nitrogen and oxygen atoms in total. The Bertz CT molecular complexity index is 313. The summed E-state index contributed by atoms with van der Waals surface area (Å²) < 4.78 is 1.63. The van der Waals surface area contributed by atoms with E-state index in [0.29, 0.717) is 10.9 Å². The summed E-state index contributed by atoms with van der Waals surface area (Å²) in [6.45, 7) is 1.91. The predicted molar refractivity (Wildman–Crippen MR) is 60.9 cm³/mol. The van der Waals surface area contributed by atoms with Gasteiger partial charge < -0.3 is 10.8 Å². The molecule has 13 heavy (non-hydrogen) atoms. The largest absolute Gasteiger partial charge is 0.506 e. The molecule has 0 fully saturated rings. The van der Waals surface area contributed by atoms with Gasteiger partial charge in [-0.15, -0.1) is 0 Å². The Morgan fingerprint density at radius 3 is 2.62 bits per heavy atom. The molecule has 0 radical (unpaired) electrons. The Morgan fingerprint density at radius 2 is 2.08 bits per heavy atom. The molecular formula is C9H11Br2NO. The van der Waals surface area contributed by atoms with Crippen LogP contribution in [0.2, 0.25) is 0 Å². The molecule has 0 bridgehead atoms. The monoisotopic (exact) mass is 307 g/mol. The Kier molecular flexibility index (Phi) is 3.76. The van der Waals surface area contributed by atoms with E-state index in [0.717, 1.165) is 10.0 Å². The zero-order chi connectivity index (χ0) is 10.0. The van der Waals surface area contributed by atoms with E-state index >= 15 is 0 Å². The minimum atomic E-state index is 0.0482. The first-order valence-corrected chi connectivity index (χ1v) is 5.51. The second-order valence-electron chi connectivity index (χ2n) is 3.08. The molecule has 1 atom stereocenters. The number of rotatable bonds is 2. The quantitative estimate of drug-likeness (QED) is 0.882. The molecule has 0 amide bonds. The van der Waals surface area contributed by atoms with Crippen molar-refractivity contribution < 1.29 is 5.11 Å². The molecule has 1 aromatic rings. The molecule has 0 aliphatic rings. The molecule has 1 unspecified atom stereocenters. The number of phenolic OH excluding ortho intramolecular Hbond substituents is 1. The number of hydrogen-bond donors (Lipinski definition) is 2. The Balaban J connectivity index is 3.05. The van der Waals surface area contributed by atoms with E-state index in [2.05, 4.69) is 31.9 Å². The van der Waals surface area contributed by atoms with Crippen LogP contribution in [0.3, 0.4) is 0 Å². The third kappa shape index (κ3) is 2.97. The summed E-state index contributed by atoms with van der Waals surface area (Å²) in [6, 6.07) is 3.73. The van der Waals surface area contributed by atoms with Gasteiger partial charge in [0.15, 0.2) is 0 Å². The molecular weight excluding hydrogens is 298 g/mol. The lowest BCUT2D eigenvalue weighted by Gasteiger charge is -2.09. The zero-order valence-corrected chi connectivity index (χ0v) is 10.4. The second kappa shape index (κ2) is 4.44. The average molecular weight is 309 g/mol. The molecule has 0 aliphatic heterocycles. The maximum absolute atomic E-state index is 9.65. The van der Waals surface area contributed by atoms with Crippen molar-refractivity contribution in [3.63, 3.8) is 0 Å². The SMILES string of the molecule is CC(N)Cc1cc(Br)cc(Br)c1O. The van der Waals surface area contributed by atoms with Gasteiger partial charge in [0.2, 0.25) is 0 Å². The van der Waals surface area contributed by atoms with Gasteiger partial charge in [-0.05, 0) is 47.0 Å². The fraction of sp³-hybridized carbons (Fsp3) is 0.333. The van der Waals surface area contributed by atoms with Crippen LogP contribution in [0.25, 0.3) is 0 Å². The summed E-state index contributed by atoms with van der Waals surface area (Å²) in [5, 5.41) is 9.65. The van der Waals surface area contributed by atoms with E-state index in [-0.39, 0.29) is 11.8 Å². The van der Waals surface area contributed by atoms with Crippen LogP contribution in [0.15, 0.2) is 21.1 Å². The summed E-state index contributed by atoms with van der Waals surface area (Å²) >= 11 is 6.62. The van der Waals surface area contributed by atoms with Crippen molar-refractivity contribution in [3.8, 4) is 5.75 Å². The van der Waals surface area contributed by atoms with Gasteiger partial charge in [-0.2, -0.15) is 0 Å². The molecule has 1 rings (SSSR count). The van der Waals surface area contributed by atoms with Crippen LogP contribution in [0.5, 0.6) is 5.75 Å². The number of nitrogens with two attached hydrogens (primary N) is 1. The fourth-order valence-electron chi connectivity index (χ4n) is 1.12. The molecule has 4 heteroatoms. The lowest BCUT2D eigenvalue weighted by Crippen LogP contribution is -2.17. The lowest BCUT2D eigenvalue weighted by molar-refractivity contribution is 0.462. The topological polar surface area (TPSA) is 46.2 Å². The van der Waals surface area contributed by atoms with Crippen molar-refractivity contribution in [2.45, 2.75) is 19.4 Å². The first-order chi connectivity index (χ1) is 6.00. The summed E-state index contributed by atoms with van der Waals surface area (Å²) in [4.78, 5) is 0. The van der Waals surface area contributed by atoms with Crippen LogP contribution < -0.4 is 5.73 Å². The zero-order valence-electron chi connectivity index (χ0n) is 7.22. The smallest absolute Gasteiger partial charge is 0.133 e. The molecule has 3 N–H and O–H groups in total. The van der Waals surface area contributed by atoms with Crippen LogP contribution >= 0.6 is 31.9 Å². The maximum atomic E-state index is 9.65. The Labute approximate surface area is 94.4 Å². The number of aromatic hydroxyl groups is 1. The molecule has 0 aliphatic carbocycles. The normalized spacial score (nSPS) is 12.9. The Morgan fingerprint density at radius 1 is 1.46 bits per heavy atom.